The minimum Gasteiger partial charge on any atom is -0.504 e. The van der Waals surface area contributed by atoms with Gasteiger partial charge in [-0.1, -0.05) is 12.1 Å². The van der Waals surface area contributed by atoms with Crippen LogP contribution in [0.5, 0.6) is 11.5 Å². The normalized spacial score (nSPS) is 20.8. The number of benzene rings is 1. The number of phenolic OH excluding ortho intramolecular Hbond substituents is 1. The number of hydrogen-bond donors (Lipinski definition) is 2. The summed E-state index contributed by atoms with van der Waals surface area (Å²) in [5, 5.41) is 12.4. The fourth-order valence-corrected chi connectivity index (χ4v) is 3.77. The van der Waals surface area contributed by atoms with Crippen LogP contribution in [-0.4, -0.2) is 59.5 Å². The minimum absolute atomic E-state index is 0.0145. The number of phenols is 1. The molecule has 150 valence electrons. The van der Waals surface area contributed by atoms with Gasteiger partial charge in [0.2, 0.25) is 5.91 Å². The lowest BCUT2D eigenvalue weighted by Gasteiger charge is -2.14. The number of amides is 3. The Bertz CT molecular complexity index is 804. The second-order valence-electron chi connectivity index (χ2n) is 6.33. The first-order valence-corrected chi connectivity index (χ1v) is 9.89. The van der Waals surface area contributed by atoms with Gasteiger partial charge in [-0.05, 0) is 43.7 Å². The van der Waals surface area contributed by atoms with Crippen LogP contribution < -0.4 is 10.1 Å². The first kappa shape index (κ1) is 20.2. The molecule has 0 unspecified atom stereocenters. The maximum absolute atomic E-state index is 12.5. The van der Waals surface area contributed by atoms with Crippen molar-refractivity contribution < 1.29 is 29.0 Å². The maximum atomic E-state index is 12.5. The van der Waals surface area contributed by atoms with Gasteiger partial charge in [-0.15, -0.1) is 0 Å². The topological polar surface area (TPSA) is 105 Å². The van der Waals surface area contributed by atoms with Gasteiger partial charge >= 0.3 is 0 Å². The van der Waals surface area contributed by atoms with E-state index in [4.69, 9.17) is 9.47 Å². The predicted octanol–water partition coefficient (Wildman–Crippen LogP) is 2.12. The molecule has 1 aromatic carbocycles. The van der Waals surface area contributed by atoms with Crippen LogP contribution in [0.1, 0.15) is 25.3 Å². The Morgan fingerprint density at radius 3 is 3.00 bits per heavy atom. The highest BCUT2D eigenvalue weighted by atomic mass is 32.2. The number of thioether (sulfide) groups is 1. The maximum Gasteiger partial charge on any atom is 0.294 e. The third-order valence-electron chi connectivity index (χ3n) is 4.34. The second kappa shape index (κ2) is 9.11. The zero-order chi connectivity index (χ0) is 20.1. The van der Waals surface area contributed by atoms with Gasteiger partial charge in [0, 0.05) is 18.7 Å². The molecule has 0 saturated carbocycles. The number of carbonyl (C=O) groups excluding carboxylic acids is 3. The smallest absolute Gasteiger partial charge is 0.294 e. The average molecular weight is 406 g/mol. The molecule has 2 saturated heterocycles. The number of hydrogen-bond acceptors (Lipinski definition) is 7. The van der Waals surface area contributed by atoms with Crippen molar-refractivity contribution in [1.29, 1.82) is 0 Å². The predicted molar refractivity (Wildman–Crippen MR) is 104 cm³/mol. The van der Waals surface area contributed by atoms with Crippen LogP contribution in [0.3, 0.4) is 0 Å². The highest BCUT2D eigenvalue weighted by Crippen LogP contribution is 2.36. The summed E-state index contributed by atoms with van der Waals surface area (Å²) >= 11 is 0.732. The summed E-state index contributed by atoms with van der Waals surface area (Å²) in [4.78, 5) is 37.8. The molecule has 0 radical (unpaired) electrons. The molecule has 2 N–H and O–H groups in total. The summed E-state index contributed by atoms with van der Waals surface area (Å²) in [6.07, 6.45) is 3.26. The van der Waals surface area contributed by atoms with Crippen molar-refractivity contribution in [3.05, 3.63) is 28.7 Å². The Morgan fingerprint density at radius 2 is 2.29 bits per heavy atom. The standard InChI is InChI=1S/C19H22N2O6S/c1-2-26-14-7-3-5-12(17(14)23)9-15-18(24)21(19(25)28-15)11-16(22)20-10-13-6-4-8-27-13/h3,5,7,9,13,23H,2,4,6,8,10-11H2,1H3,(H,20,22)/b15-9-/t13-/m1/s1. The van der Waals surface area contributed by atoms with Crippen molar-refractivity contribution in [3.63, 3.8) is 0 Å². The summed E-state index contributed by atoms with van der Waals surface area (Å²) < 4.78 is 10.7. The molecule has 1 atom stereocenters. The number of nitrogens with one attached hydrogen (secondary N) is 1. The molecule has 8 nitrogen and oxygen atoms in total. The third kappa shape index (κ3) is 4.66. The van der Waals surface area contributed by atoms with E-state index in [1.807, 2.05) is 0 Å². The van der Waals surface area contributed by atoms with Crippen LogP contribution in [-0.2, 0) is 14.3 Å². The number of para-hydroxylation sites is 1. The highest BCUT2D eigenvalue weighted by molar-refractivity contribution is 8.18. The monoisotopic (exact) mass is 406 g/mol. The van der Waals surface area contributed by atoms with E-state index in [1.165, 1.54) is 6.08 Å². The van der Waals surface area contributed by atoms with E-state index in [0.717, 1.165) is 29.5 Å². The molecule has 0 spiro atoms. The first-order chi connectivity index (χ1) is 13.5. The average Bonchev–Trinajstić information content (AvgIpc) is 3.28. The fraction of sp³-hybridized carbons (Fsp3) is 0.421. The summed E-state index contributed by atoms with van der Waals surface area (Å²) in [5.74, 6) is -0.793. The van der Waals surface area contributed by atoms with E-state index in [-0.39, 0.29) is 23.3 Å². The number of carbonyl (C=O) groups is 3. The summed E-state index contributed by atoms with van der Waals surface area (Å²) in [7, 11) is 0. The fourth-order valence-electron chi connectivity index (χ4n) is 2.94. The molecule has 28 heavy (non-hydrogen) atoms. The van der Waals surface area contributed by atoms with E-state index < -0.39 is 17.1 Å². The van der Waals surface area contributed by atoms with Crippen molar-refractivity contribution in [3.8, 4) is 11.5 Å². The van der Waals surface area contributed by atoms with Crippen LogP contribution in [0.25, 0.3) is 6.08 Å². The molecular formula is C19H22N2O6S. The van der Waals surface area contributed by atoms with Crippen LogP contribution in [0, 0.1) is 0 Å². The molecule has 0 aliphatic carbocycles. The molecule has 0 bridgehead atoms. The number of rotatable bonds is 7. The third-order valence-corrected chi connectivity index (χ3v) is 5.25. The zero-order valence-electron chi connectivity index (χ0n) is 15.5. The van der Waals surface area contributed by atoms with Gasteiger partial charge in [0.05, 0.1) is 17.6 Å². The number of nitrogens with zero attached hydrogens (tertiary/aromatic N) is 1. The first-order valence-electron chi connectivity index (χ1n) is 9.08. The van der Waals surface area contributed by atoms with Gasteiger partial charge < -0.3 is 19.9 Å². The van der Waals surface area contributed by atoms with Gasteiger partial charge in [-0.25, -0.2) is 0 Å². The Labute approximate surface area is 166 Å². The van der Waals surface area contributed by atoms with E-state index >= 15 is 0 Å². The van der Waals surface area contributed by atoms with Gasteiger partial charge in [0.1, 0.15) is 6.54 Å². The molecule has 3 rings (SSSR count). The lowest BCUT2D eigenvalue weighted by atomic mass is 10.1. The molecule has 2 aliphatic rings. The Kier molecular flexibility index (Phi) is 6.58. The zero-order valence-corrected chi connectivity index (χ0v) is 16.3. The van der Waals surface area contributed by atoms with Crippen molar-refractivity contribution in [2.24, 2.45) is 0 Å². The number of aromatic hydroxyl groups is 1. The number of ether oxygens (including phenoxy) is 2. The molecule has 2 fully saturated rings. The summed E-state index contributed by atoms with van der Waals surface area (Å²) in [5.41, 5.74) is 0.360. The van der Waals surface area contributed by atoms with Crippen molar-refractivity contribution in [1.82, 2.24) is 10.2 Å². The lowest BCUT2D eigenvalue weighted by molar-refractivity contribution is -0.129. The molecule has 2 aliphatic heterocycles. The van der Waals surface area contributed by atoms with E-state index in [1.54, 1.807) is 25.1 Å². The molecule has 9 heteroatoms. The molecular weight excluding hydrogens is 384 g/mol. The van der Waals surface area contributed by atoms with Gasteiger partial charge in [-0.3, -0.25) is 19.3 Å². The molecule has 1 aromatic rings. The van der Waals surface area contributed by atoms with Crippen molar-refractivity contribution in [2.45, 2.75) is 25.9 Å². The summed E-state index contributed by atoms with van der Waals surface area (Å²) in [6.45, 7) is 2.88. The van der Waals surface area contributed by atoms with Crippen molar-refractivity contribution >= 4 is 34.9 Å². The van der Waals surface area contributed by atoms with Crippen molar-refractivity contribution in [2.75, 3.05) is 26.3 Å². The van der Waals surface area contributed by atoms with Gasteiger partial charge in [-0.2, -0.15) is 0 Å². The van der Waals surface area contributed by atoms with Gasteiger partial charge in [0.25, 0.3) is 11.1 Å². The minimum atomic E-state index is -0.566. The van der Waals surface area contributed by atoms with Crippen LogP contribution in [0.2, 0.25) is 0 Å². The largest absolute Gasteiger partial charge is 0.504 e. The Hall–Kier alpha value is -2.52. The Balaban J connectivity index is 1.65. The molecule has 2 heterocycles. The second-order valence-corrected chi connectivity index (χ2v) is 7.33. The van der Waals surface area contributed by atoms with Crippen LogP contribution in [0.4, 0.5) is 4.79 Å². The van der Waals surface area contributed by atoms with E-state index in [9.17, 15) is 19.5 Å². The van der Waals surface area contributed by atoms with E-state index in [0.29, 0.717) is 31.1 Å². The van der Waals surface area contributed by atoms with Gasteiger partial charge in [0.15, 0.2) is 11.5 Å². The lowest BCUT2D eigenvalue weighted by Crippen LogP contribution is -2.41. The molecule has 3 amide bonds. The van der Waals surface area contributed by atoms with E-state index in [2.05, 4.69) is 5.32 Å². The summed E-state index contributed by atoms with van der Waals surface area (Å²) in [6, 6.07) is 4.90. The van der Waals surface area contributed by atoms with Crippen LogP contribution in [0.15, 0.2) is 23.1 Å². The quantitative estimate of drug-likeness (QED) is 0.668. The molecule has 0 aromatic heterocycles. The SMILES string of the molecule is CCOc1cccc(/C=C2\SC(=O)N(CC(=O)NC[C@H]3CCCO3)C2=O)c1O. The van der Waals surface area contributed by atoms with Crippen LogP contribution >= 0.6 is 11.8 Å². The number of imide groups is 1. The Morgan fingerprint density at radius 1 is 1.46 bits per heavy atom. The highest BCUT2D eigenvalue weighted by Gasteiger charge is 2.36.